The Labute approximate surface area is 107 Å². The number of hydrogen-bond acceptors (Lipinski definition) is 4. The molecule has 0 fully saturated rings. The molecular formula is C14H18N2O2. The van der Waals surface area contributed by atoms with Crippen LogP contribution in [0.4, 0.5) is 0 Å². The van der Waals surface area contributed by atoms with Crippen molar-refractivity contribution in [3.63, 3.8) is 0 Å². The molecule has 96 valence electrons. The van der Waals surface area contributed by atoms with Crippen molar-refractivity contribution in [2.45, 2.75) is 27.3 Å². The lowest BCUT2D eigenvalue weighted by molar-refractivity contribution is 0.337. The normalized spacial score (nSPS) is 10.7. The third kappa shape index (κ3) is 2.24. The molecule has 1 heterocycles. The van der Waals surface area contributed by atoms with Gasteiger partial charge in [-0.05, 0) is 44.0 Å². The molecule has 4 heteroatoms. The van der Waals surface area contributed by atoms with Crippen molar-refractivity contribution < 1.29 is 9.26 Å². The van der Waals surface area contributed by atoms with Crippen LogP contribution in [-0.2, 0) is 6.54 Å². The van der Waals surface area contributed by atoms with Crippen molar-refractivity contribution in [1.29, 1.82) is 0 Å². The van der Waals surface area contributed by atoms with Gasteiger partial charge < -0.3 is 15.0 Å². The number of ether oxygens (including phenoxy) is 1. The topological polar surface area (TPSA) is 61.3 Å². The molecule has 0 spiro atoms. The lowest BCUT2D eigenvalue weighted by Crippen LogP contribution is -1.98. The van der Waals surface area contributed by atoms with E-state index >= 15 is 0 Å². The standard InChI is InChI=1S/C14H18N2O2/c1-4-17-13-6-9(2)12(5-10(13)3)14-11(7-15)8-16-18-14/h5-6,8H,4,7,15H2,1-3H3. The van der Waals surface area contributed by atoms with Gasteiger partial charge in [-0.25, -0.2) is 0 Å². The Balaban J connectivity index is 2.49. The lowest BCUT2D eigenvalue weighted by atomic mass is 10.0. The summed E-state index contributed by atoms with van der Waals surface area (Å²) in [5, 5.41) is 3.81. The fourth-order valence-corrected chi connectivity index (χ4v) is 1.97. The molecule has 0 aliphatic heterocycles. The van der Waals surface area contributed by atoms with E-state index in [4.69, 9.17) is 15.0 Å². The number of aryl methyl sites for hydroxylation is 2. The summed E-state index contributed by atoms with van der Waals surface area (Å²) in [6.45, 7) is 7.11. The highest BCUT2D eigenvalue weighted by Gasteiger charge is 2.14. The minimum atomic E-state index is 0.421. The van der Waals surface area contributed by atoms with E-state index in [0.717, 1.165) is 33.8 Å². The average Bonchev–Trinajstić information content (AvgIpc) is 2.81. The summed E-state index contributed by atoms with van der Waals surface area (Å²) in [5.74, 6) is 1.66. The van der Waals surface area contributed by atoms with Crippen LogP contribution in [0.25, 0.3) is 11.3 Å². The summed E-state index contributed by atoms with van der Waals surface area (Å²) < 4.78 is 10.9. The molecule has 18 heavy (non-hydrogen) atoms. The quantitative estimate of drug-likeness (QED) is 0.901. The van der Waals surface area contributed by atoms with Crippen molar-refractivity contribution in [2.24, 2.45) is 5.73 Å². The molecule has 0 unspecified atom stereocenters. The van der Waals surface area contributed by atoms with Crippen LogP contribution >= 0.6 is 0 Å². The van der Waals surface area contributed by atoms with Crippen LogP contribution < -0.4 is 10.5 Å². The van der Waals surface area contributed by atoms with E-state index in [-0.39, 0.29) is 0 Å². The van der Waals surface area contributed by atoms with Gasteiger partial charge in [0.1, 0.15) is 5.75 Å². The van der Waals surface area contributed by atoms with Crippen LogP contribution in [0.1, 0.15) is 23.6 Å². The molecule has 0 radical (unpaired) electrons. The molecule has 0 bridgehead atoms. The highest BCUT2D eigenvalue weighted by Crippen LogP contribution is 2.32. The summed E-state index contributed by atoms with van der Waals surface area (Å²) in [7, 11) is 0. The first-order valence-electron chi connectivity index (χ1n) is 6.05. The zero-order chi connectivity index (χ0) is 13.1. The van der Waals surface area contributed by atoms with Crippen LogP contribution in [0, 0.1) is 13.8 Å². The van der Waals surface area contributed by atoms with Gasteiger partial charge in [0.25, 0.3) is 0 Å². The highest BCUT2D eigenvalue weighted by molar-refractivity contribution is 5.67. The summed E-state index contributed by atoms with van der Waals surface area (Å²) >= 11 is 0. The highest BCUT2D eigenvalue weighted by atomic mass is 16.5. The fourth-order valence-electron chi connectivity index (χ4n) is 1.97. The maximum absolute atomic E-state index is 5.67. The SMILES string of the molecule is CCOc1cc(C)c(-c2oncc2CN)cc1C. The molecule has 0 aliphatic carbocycles. The van der Waals surface area contributed by atoms with Gasteiger partial charge in [-0.2, -0.15) is 0 Å². The Hall–Kier alpha value is -1.81. The summed E-state index contributed by atoms with van der Waals surface area (Å²) in [6.07, 6.45) is 1.67. The van der Waals surface area contributed by atoms with Crippen LogP contribution in [-0.4, -0.2) is 11.8 Å². The van der Waals surface area contributed by atoms with Crippen molar-refractivity contribution in [3.8, 4) is 17.1 Å². The van der Waals surface area contributed by atoms with E-state index in [0.29, 0.717) is 13.2 Å². The molecule has 0 amide bonds. The van der Waals surface area contributed by atoms with Gasteiger partial charge in [-0.1, -0.05) is 5.16 Å². The van der Waals surface area contributed by atoms with Crippen LogP contribution in [0.2, 0.25) is 0 Å². The van der Waals surface area contributed by atoms with Gasteiger partial charge in [0.15, 0.2) is 5.76 Å². The first kappa shape index (κ1) is 12.6. The zero-order valence-corrected chi connectivity index (χ0v) is 11.0. The largest absolute Gasteiger partial charge is 0.494 e. The molecule has 0 saturated carbocycles. The zero-order valence-electron chi connectivity index (χ0n) is 11.0. The molecule has 4 nitrogen and oxygen atoms in total. The molecule has 1 aromatic carbocycles. The van der Waals surface area contributed by atoms with E-state index in [1.165, 1.54) is 0 Å². The third-order valence-electron chi connectivity index (χ3n) is 2.93. The number of hydrogen-bond donors (Lipinski definition) is 1. The maximum Gasteiger partial charge on any atom is 0.171 e. The van der Waals surface area contributed by atoms with E-state index in [9.17, 15) is 0 Å². The van der Waals surface area contributed by atoms with Crippen LogP contribution in [0.5, 0.6) is 5.75 Å². The van der Waals surface area contributed by atoms with Gasteiger partial charge in [0, 0.05) is 17.7 Å². The van der Waals surface area contributed by atoms with Crippen LogP contribution in [0.3, 0.4) is 0 Å². The Kier molecular flexibility index (Phi) is 3.67. The Morgan fingerprint density at radius 1 is 1.28 bits per heavy atom. The molecular weight excluding hydrogens is 228 g/mol. The predicted molar refractivity (Wildman–Crippen MR) is 70.5 cm³/mol. The minimum absolute atomic E-state index is 0.421. The lowest BCUT2D eigenvalue weighted by Gasteiger charge is -2.11. The molecule has 1 aromatic heterocycles. The number of nitrogens with zero attached hydrogens (tertiary/aromatic N) is 1. The van der Waals surface area contributed by atoms with Gasteiger partial charge >= 0.3 is 0 Å². The number of nitrogens with two attached hydrogens (primary N) is 1. The van der Waals surface area contributed by atoms with Gasteiger partial charge in [0.05, 0.1) is 12.8 Å². The summed E-state index contributed by atoms with van der Waals surface area (Å²) in [6, 6.07) is 4.08. The fraction of sp³-hybridized carbons (Fsp3) is 0.357. The average molecular weight is 246 g/mol. The van der Waals surface area contributed by atoms with Crippen LogP contribution in [0.15, 0.2) is 22.9 Å². The minimum Gasteiger partial charge on any atom is -0.494 e. The monoisotopic (exact) mass is 246 g/mol. The predicted octanol–water partition coefficient (Wildman–Crippen LogP) is 2.82. The van der Waals surface area contributed by atoms with Crippen molar-refractivity contribution in [2.75, 3.05) is 6.61 Å². The second-order valence-corrected chi connectivity index (χ2v) is 4.25. The number of aromatic nitrogens is 1. The second-order valence-electron chi connectivity index (χ2n) is 4.25. The van der Waals surface area contributed by atoms with Gasteiger partial charge in [0.2, 0.25) is 0 Å². The van der Waals surface area contributed by atoms with E-state index < -0.39 is 0 Å². The second kappa shape index (κ2) is 5.23. The molecule has 0 aliphatic rings. The van der Waals surface area contributed by atoms with Crippen molar-refractivity contribution in [3.05, 3.63) is 35.0 Å². The summed E-state index contributed by atoms with van der Waals surface area (Å²) in [4.78, 5) is 0. The summed E-state index contributed by atoms with van der Waals surface area (Å²) in [5.41, 5.74) is 9.79. The first-order valence-corrected chi connectivity index (χ1v) is 6.05. The van der Waals surface area contributed by atoms with Gasteiger partial charge in [-0.15, -0.1) is 0 Å². The van der Waals surface area contributed by atoms with Gasteiger partial charge in [-0.3, -0.25) is 0 Å². The van der Waals surface area contributed by atoms with Crippen molar-refractivity contribution >= 4 is 0 Å². The Morgan fingerprint density at radius 3 is 2.72 bits per heavy atom. The molecule has 0 saturated heterocycles. The van der Waals surface area contributed by atoms with E-state index in [2.05, 4.69) is 11.2 Å². The molecule has 2 N–H and O–H groups in total. The van der Waals surface area contributed by atoms with Crippen molar-refractivity contribution in [1.82, 2.24) is 5.16 Å². The molecule has 2 aromatic rings. The first-order chi connectivity index (χ1) is 8.67. The van der Waals surface area contributed by atoms with E-state index in [1.54, 1.807) is 6.20 Å². The smallest absolute Gasteiger partial charge is 0.171 e. The van der Waals surface area contributed by atoms with E-state index in [1.807, 2.05) is 26.8 Å². The maximum atomic E-state index is 5.67. The molecule has 2 rings (SSSR count). The number of rotatable bonds is 4. The Bertz CT molecular complexity index is 547. The Morgan fingerprint density at radius 2 is 2.06 bits per heavy atom. The third-order valence-corrected chi connectivity index (χ3v) is 2.93. The number of benzene rings is 1. The molecule has 0 atom stereocenters.